The monoisotopic (exact) mass is 398 g/mol. The molecule has 0 fully saturated rings. The zero-order valence-electron chi connectivity index (χ0n) is 17.2. The number of benzene rings is 2. The van der Waals surface area contributed by atoms with Crippen LogP contribution in [0.15, 0.2) is 36.4 Å². The Labute approximate surface area is 170 Å². The maximum absolute atomic E-state index is 12.8. The Morgan fingerprint density at radius 2 is 1.72 bits per heavy atom. The van der Waals surface area contributed by atoms with Gasteiger partial charge in [-0.05, 0) is 29.7 Å². The highest BCUT2D eigenvalue weighted by Gasteiger charge is 2.29. The molecular formula is C22H26N2O5. The van der Waals surface area contributed by atoms with Crippen molar-refractivity contribution in [2.45, 2.75) is 19.4 Å². The number of methoxy groups -OCH3 is 3. The van der Waals surface area contributed by atoms with Gasteiger partial charge >= 0.3 is 0 Å². The van der Waals surface area contributed by atoms with Gasteiger partial charge in [0.1, 0.15) is 0 Å². The summed E-state index contributed by atoms with van der Waals surface area (Å²) in [6.45, 7) is 2.51. The molecule has 2 amide bonds. The third-order valence-corrected chi connectivity index (χ3v) is 5.20. The van der Waals surface area contributed by atoms with Gasteiger partial charge in [-0.25, -0.2) is 0 Å². The van der Waals surface area contributed by atoms with Gasteiger partial charge in [0, 0.05) is 25.6 Å². The van der Waals surface area contributed by atoms with Crippen LogP contribution >= 0.6 is 0 Å². The zero-order valence-corrected chi connectivity index (χ0v) is 17.2. The number of rotatable bonds is 6. The molecule has 7 heteroatoms. The fourth-order valence-corrected chi connectivity index (χ4v) is 3.75. The van der Waals surface area contributed by atoms with Crippen LogP contribution in [0.1, 0.15) is 34.5 Å². The fourth-order valence-electron chi connectivity index (χ4n) is 3.75. The molecule has 0 aromatic heterocycles. The number of carbonyl (C=O) groups is 2. The SMILES string of the molecule is COc1cc(C(=O)NCC2c3ccccc3CCN2C(C)=O)cc(OC)c1OC. The summed E-state index contributed by atoms with van der Waals surface area (Å²) >= 11 is 0. The van der Waals surface area contributed by atoms with Crippen molar-refractivity contribution < 1.29 is 23.8 Å². The number of nitrogens with one attached hydrogen (secondary N) is 1. The largest absolute Gasteiger partial charge is 0.493 e. The van der Waals surface area contributed by atoms with Gasteiger partial charge < -0.3 is 24.4 Å². The lowest BCUT2D eigenvalue weighted by Gasteiger charge is -2.37. The van der Waals surface area contributed by atoms with Crippen molar-refractivity contribution in [1.29, 1.82) is 0 Å². The van der Waals surface area contributed by atoms with Crippen molar-refractivity contribution in [1.82, 2.24) is 10.2 Å². The number of hydrogen-bond acceptors (Lipinski definition) is 5. The van der Waals surface area contributed by atoms with Gasteiger partial charge in [-0.2, -0.15) is 0 Å². The van der Waals surface area contributed by atoms with Gasteiger partial charge in [0.2, 0.25) is 11.7 Å². The molecule has 0 saturated heterocycles. The Balaban J connectivity index is 1.83. The highest BCUT2D eigenvalue weighted by Crippen LogP contribution is 2.38. The minimum atomic E-state index is -0.282. The molecule has 0 aliphatic carbocycles. The topological polar surface area (TPSA) is 77.1 Å². The highest BCUT2D eigenvalue weighted by atomic mass is 16.5. The lowest BCUT2D eigenvalue weighted by Crippen LogP contribution is -2.44. The molecule has 2 aromatic rings. The first kappa shape index (κ1) is 20.5. The number of ether oxygens (including phenoxy) is 3. The fraction of sp³-hybridized carbons (Fsp3) is 0.364. The van der Waals surface area contributed by atoms with E-state index >= 15 is 0 Å². The number of carbonyl (C=O) groups excluding carboxylic acids is 2. The number of nitrogens with zero attached hydrogens (tertiary/aromatic N) is 1. The van der Waals surface area contributed by atoms with Gasteiger partial charge in [0.15, 0.2) is 11.5 Å². The van der Waals surface area contributed by atoms with Crippen molar-refractivity contribution in [3.05, 3.63) is 53.1 Å². The molecular weight excluding hydrogens is 372 g/mol. The molecule has 3 rings (SSSR count). The third kappa shape index (κ3) is 4.13. The molecule has 0 radical (unpaired) electrons. The second-order valence-corrected chi connectivity index (χ2v) is 6.80. The summed E-state index contributed by atoms with van der Waals surface area (Å²) in [4.78, 5) is 26.8. The molecule has 2 aromatic carbocycles. The Bertz CT molecular complexity index is 887. The summed E-state index contributed by atoms with van der Waals surface area (Å²) in [6.07, 6.45) is 0.813. The molecule has 154 valence electrons. The first-order chi connectivity index (χ1) is 14.0. The summed E-state index contributed by atoms with van der Waals surface area (Å²) in [7, 11) is 4.52. The van der Waals surface area contributed by atoms with Gasteiger partial charge in [0.05, 0.1) is 27.4 Å². The van der Waals surface area contributed by atoms with Gasteiger partial charge in [-0.15, -0.1) is 0 Å². The minimum absolute atomic E-state index is 0.00784. The van der Waals surface area contributed by atoms with Crippen molar-refractivity contribution in [2.75, 3.05) is 34.4 Å². The molecule has 29 heavy (non-hydrogen) atoms. The first-order valence-electron chi connectivity index (χ1n) is 9.43. The highest BCUT2D eigenvalue weighted by molar-refractivity contribution is 5.95. The van der Waals surface area contributed by atoms with Crippen LogP contribution < -0.4 is 19.5 Å². The van der Waals surface area contributed by atoms with Crippen LogP contribution in [-0.2, 0) is 11.2 Å². The minimum Gasteiger partial charge on any atom is -0.493 e. The standard InChI is InChI=1S/C22H26N2O5/c1-14(25)24-10-9-15-7-5-6-8-17(15)18(24)13-23-22(26)16-11-19(27-2)21(29-4)20(12-16)28-3/h5-8,11-12,18H,9-10,13H2,1-4H3,(H,23,26). The summed E-state index contributed by atoms with van der Waals surface area (Å²) in [5.41, 5.74) is 2.66. The number of amides is 2. The molecule has 1 heterocycles. The normalized spacial score (nSPS) is 15.3. The van der Waals surface area contributed by atoms with E-state index in [-0.39, 0.29) is 17.9 Å². The molecule has 0 bridgehead atoms. The van der Waals surface area contributed by atoms with Gasteiger partial charge in [0.25, 0.3) is 5.91 Å². The maximum Gasteiger partial charge on any atom is 0.251 e. The van der Waals surface area contributed by atoms with Crippen LogP contribution in [0, 0.1) is 0 Å². The zero-order chi connectivity index (χ0) is 21.0. The number of fused-ring (bicyclic) bond motifs is 1. The predicted molar refractivity (Wildman–Crippen MR) is 109 cm³/mol. The summed E-state index contributed by atoms with van der Waals surface area (Å²) < 4.78 is 15.9. The van der Waals surface area contributed by atoms with E-state index in [9.17, 15) is 9.59 Å². The molecule has 1 aliphatic heterocycles. The molecule has 1 atom stereocenters. The average molecular weight is 398 g/mol. The molecule has 1 unspecified atom stereocenters. The van der Waals surface area contributed by atoms with E-state index < -0.39 is 0 Å². The van der Waals surface area contributed by atoms with Crippen LogP contribution in [0.3, 0.4) is 0 Å². The van der Waals surface area contributed by atoms with E-state index in [1.54, 1.807) is 24.0 Å². The van der Waals surface area contributed by atoms with Crippen molar-refractivity contribution in [3.8, 4) is 17.2 Å². The molecule has 0 saturated carbocycles. The van der Waals surface area contributed by atoms with E-state index in [4.69, 9.17) is 14.2 Å². The second-order valence-electron chi connectivity index (χ2n) is 6.80. The van der Waals surface area contributed by atoms with Crippen molar-refractivity contribution in [2.24, 2.45) is 0 Å². The molecule has 0 spiro atoms. The Morgan fingerprint density at radius 3 is 2.31 bits per heavy atom. The lowest BCUT2D eigenvalue weighted by atomic mass is 9.92. The van der Waals surface area contributed by atoms with Gasteiger partial charge in [-0.1, -0.05) is 24.3 Å². The van der Waals surface area contributed by atoms with Crippen LogP contribution in [0.25, 0.3) is 0 Å². The van der Waals surface area contributed by atoms with E-state index in [2.05, 4.69) is 11.4 Å². The smallest absolute Gasteiger partial charge is 0.251 e. The average Bonchev–Trinajstić information content (AvgIpc) is 2.75. The Morgan fingerprint density at radius 1 is 1.07 bits per heavy atom. The first-order valence-corrected chi connectivity index (χ1v) is 9.43. The summed E-state index contributed by atoms with van der Waals surface area (Å²) in [6, 6.07) is 11.0. The lowest BCUT2D eigenvalue weighted by molar-refractivity contribution is -0.131. The maximum atomic E-state index is 12.8. The number of hydrogen-bond donors (Lipinski definition) is 1. The van der Waals surface area contributed by atoms with E-state index in [1.807, 2.05) is 18.2 Å². The molecule has 7 nitrogen and oxygen atoms in total. The predicted octanol–water partition coefficient (Wildman–Crippen LogP) is 2.59. The van der Waals surface area contributed by atoms with E-state index in [0.29, 0.717) is 35.9 Å². The molecule has 1 N–H and O–H groups in total. The Kier molecular flexibility index (Phi) is 6.26. The Hall–Kier alpha value is -3.22. The van der Waals surface area contributed by atoms with Crippen LogP contribution in [0.5, 0.6) is 17.2 Å². The third-order valence-electron chi connectivity index (χ3n) is 5.20. The van der Waals surface area contributed by atoms with Crippen molar-refractivity contribution >= 4 is 11.8 Å². The van der Waals surface area contributed by atoms with Crippen LogP contribution in [0.2, 0.25) is 0 Å². The van der Waals surface area contributed by atoms with E-state index in [1.165, 1.54) is 26.9 Å². The quantitative estimate of drug-likeness (QED) is 0.809. The van der Waals surface area contributed by atoms with Crippen LogP contribution in [-0.4, -0.2) is 51.1 Å². The summed E-state index contributed by atoms with van der Waals surface area (Å²) in [5, 5.41) is 2.95. The molecule has 1 aliphatic rings. The van der Waals surface area contributed by atoms with E-state index in [0.717, 1.165) is 12.0 Å². The van der Waals surface area contributed by atoms with Crippen molar-refractivity contribution in [3.63, 3.8) is 0 Å². The second kappa shape index (κ2) is 8.86. The summed E-state index contributed by atoms with van der Waals surface area (Å²) in [5.74, 6) is 0.952. The van der Waals surface area contributed by atoms with Crippen LogP contribution in [0.4, 0.5) is 0 Å². The van der Waals surface area contributed by atoms with Gasteiger partial charge in [-0.3, -0.25) is 9.59 Å².